The van der Waals surface area contributed by atoms with Crippen LogP contribution in [-0.4, -0.2) is 36.8 Å². The zero-order valence-corrected chi connectivity index (χ0v) is 19.8. The number of carbonyl (C=O) groups is 1. The fraction of sp³-hybridized carbons (Fsp3) is 0.391. The van der Waals surface area contributed by atoms with Crippen molar-refractivity contribution < 1.29 is 13.2 Å². The molecule has 8 heteroatoms. The predicted octanol–water partition coefficient (Wildman–Crippen LogP) is 4.29. The van der Waals surface area contributed by atoms with Gasteiger partial charge in [-0.2, -0.15) is 4.31 Å². The first-order valence-corrected chi connectivity index (χ1v) is 12.3. The summed E-state index contributed by atoms with van der Waals surface area (Å²) in [6.45, 7) is 7.48. The van der Waals surface area contributed by atoms with Gasteiger partial charge in [-0.05, 0) is 72.4 Å². The lowest BCUT2D eigenvalue weighted by atomic mass is 9.87. The maximum absolute atomic E-state index is 12.7. The highest BCUT2D eigenvalue weighted by Crippen LogP contribution is 2.23. The molecule has 0 aliphatic carbocycles. The van der Waals surface area contributed by atoms with Crippen LogP contribution in [0.25, 0.3) is 0 Å². The number of sulfonamides is 1. The predicted molar refractivity (Wildman–Crippen MR) is 128 cm³/mol. The largest absolute Gasteiger partial charge is 0.332 e. The molecule has 3 rings (SSSR count). The number of hydrogen-bond acceptors (Lipinski definition) is 4. The molecule has 1 heterocycles. The van der Waals surface area contributed by atoms with Crippen molar-refractivity contribution in [3.05, 3.63) is 59.7 Å². The lowest BCUT2D eigenvalue weighted by molar-refractivity contribution is 0.0977. The molecule has 0 atom stereocenters. The molecule has 1 aliphatic heterocycles. The van der Waals surface area contributed by atoms with Gasteiger partial charge < -0.3 is 5.32 Å². The minimum absolute atomic E-state index is 0.0134. The average molecular weight is 460 g/mol. The zero-order chi connectivity index (χ0) is 22.6. The second-order valence-corrected chi connectivity index (χ2v) is 11.1. The number of nitrogens with one attached hydrogen (secondary N) is 2. The number of hydrogen-bond donors (Lipinski definition) is 2. The van der Waals surface area contributed by atoms with Crippen molar-refractivity contribution >= 4 is 38.9 Å². The molecule has 1 aliphatic rings. The van der Waals surface area contributed by atoms with Gasteiger partial charge >= 0.3 is 0 Å². The number of amides is 1. The van der Waals surface area contributed by atoms with E-state index in [1.165, 1.54) is 4.31 Å². The van der Waals surface area contributed by atoms with E-state index in [1.54, 1.807) is 36.4 Å². The Morgan fingerprint density at radius 3 is 2.06 bits per heavy atom. The molecule has 6 nitrogen and oxygen atoms in total. The third kappa shape index (κ3) is 5.90. The van der Waals surface area contributed by atoms with Crippen LogP contribution >= 0.6 is 12.2 Å². The standard InChI is InChI=1S/C23H29N3O3S2/c1-23(2,3)18-9-7-17(8-10-18)21(27)25-22(30)24-19-11-13-20(14-12-19)31(28,29)26-15-5-4-6-16-26/h7-14H,4-6,15-16H2,1-3H3,(H2,24,25,27,30). The average Bonchev–Trinajstić information content (AvgIpc) is 2.74. The molecule has 2 aromatic rings. The number of benzene rings is 2. The Kier molecular flexibility index (Phi) is 7.13. The molecule has 0 spiro atoms. The third-order valence-electron chi connectivity index (χ3n) is 5.31. The molecule has 0 unspecified atom stereocenters. The summed E-state index contributed by atoms with van der Waals surface area (Å²) in [5.41, 5.74) is 2.27. The van der Waals surface area contributed by atoms with Gasteiger partial charge in [-0.25, -0.2) is 8.42 Å². The molecule has 1 amide bonds. The Morgan fingerprint density at radius 1 is 0.935 bits per heavy atom. The summed E-state index contributed by atoms with van der Waals surface area (Å²) < 4.78 is 27.0. The van der Waals surface area contributed by atoms with Gasteiger partial charge in [0.25, 0.3) is 5.91 Å². The van der Waals surface area contributed by atoms with Crippen LogP contribution in [0.1, 0.15) is 56.0 Å². The number of nitrogens with zero attached hydrogens (tertiary/aromatic N) is 1. The minimum atomic E-state index is -3.47. The zero-order valence-electron chi connectivity index (χ0n) is 18.1. The Labute approximate surface area is 190 Å². The summed E-state index contributed by atoms with van der Waals surface area (Å²) in [6, 6.07) is 13.8. The van der Waals surface area contributed by atoms with E-state index in [9.17, 15) is 13.2 Å². The molecular formula is C23H29N3O3S2. The normalized spacial score (nSPS) is 15.3. The van der Waals surface area contributed by atoms with E-state index >= 15 is 0 Å². The summed E-state index contributed by atoms with van der Waals surface area (Å²) >= 11 is 5.24. The van der Waals surface area contributed by atoms with Crippen molar-refractivity contribution in [3.8, 4) is 0 Å². The number of piperidine rings is 1. The van der Waals surface area contributed by atoms with E-state index in [0.29, 0.717) is 24.3 Å². The molecule has 31 heavy (non-hydrogen) atoms. The topological polar surface area (TPSA) is 78.5 Å². The van der Waals surface area contributed by atoms with E-state index in [1.807, 2.05) is 12.1 Å². The van der Waals surface area contributed by atoms with Crippen LogP contribution < -0.4 is 10.6 Å². The monoisotopic (exact) mass is 459 g/mol. The van der Waals surface area contributed by atoms with Gasteiger partial charge in [-0.3, -0.25) is 10.1 Å². The summed E-state index contributed by atoms with van der Waals surface area (Å²) in [7, 11) is -3.47. The Bertz CT molecular complexity index is 1030. The summed E-state index contributed by atoms with van der Waals surface area (Å²) in [4.78, 5) is 12.7. The quantitative estimate of drug-likeness (QED) is 0.667. The van der Waals surface area contributed by atoms with E-state index in [-0.39, 0.29) is 21.3 Å². The van der Waals surface area contributed by atoms with Crippen molar-refractivity contribution in [1.82, 2.24) is 9.62 Å². The SMILES string of the molecule is CC(C)(C)c1ccc(C(=O)NC(=S)Nc2ccc(S(=O)(=O)N3CCCCC3)cc2)cc1. The van der Waals surface area contributed by atoms with Crippen molar-refractivity contribution in [2.75, 3.05) is 18.4 Å². The molecule has 0 bridgehead atoms. The van der Waals surface area contributed by atoms with Crippen molar-refractivity contribution in [3.63, 3.8) is 0 Å². The van der Waals surface area contributed by atoms with Crippen LogP contribution in [0.5, 0.6) is 0 Å². The maximum atomic E-state index is 12.7. The van der Waals surface area contributed by atoms with E-state index < -0.39 is 10.0 Å². The van der Waals surface area contributed by atoms with Crippen molar-refractivity contribution in [2.45, 2.75) is 50.3 Å². The van der Waals surface area contributed by atoms with Crippen LogP contribution in [0.4, 0.5) is 5.69 Å². The van der Waals surface area contributed by atoms with Crippen LogP contribution in [-0.2, 0) is 15.4 Å². The number of rotatable bonds is 4. The van der Waals surface area contributed by atoms with Gasteiger partial charge in [0, 0.05) is 24.3 Å². The van der Waals surface area contributed by atoms with E-state index in [0.717, 1.165) is 24.8 Å². The van der Waals surface area contributed by atoms with Crippen molar-refractivity contribution in [1.29, 1.82) is 0 Å². The molecular weight excluding hydrogens is 430 g/mol. The molecule has 0 radical (unpaired) electrons. The van der Waals surface area contributed by atoms with Gasteiger partial charge in [0.05, 0.1) is 4.90 Å². The Morgan fingerprint density at radius 2 is 1.52 bits per heavy atom. The fourth-order valence-electron chi connectivity index (χ4n) is 3.42. The summed E-state index contributed by atoms with van der Waals surface area (Å²) in [5.74, 6) is -0.303. The van der Waals surface area contributed by atoms with E-state index in [2.05, 4.69) is 31.4 Å². The summed E-state index contributed by atoms with van der Waals surface area (Å²) in [5, 5.41) is 5.73. The van der Waals surface area contributed by atoms with Gasteiger partial charge in [0.1, 0.15) is 0 Å². The minimum Gasteiger partial charge on any atom is -0.332 e. The number of thiocarbonyl (C=S) groups is 1. The maximum Gasteiger partial charge on any atom is 0.257 e. The smallest absolute Gasteiger partial charge is 0.257 e. The van der Waals surface area contributed by atoms with Gasteiger partial charge in [-0.1, -0.05) is 39.3 Å². The second-order valence-electron chi connectivity index (χ2n) is 8.72. The lowest BCUT2D eigenvalue weighted by Crippen LogP contribution is -2.35. The third-order valence-corrected chi connectivity index (χ3v) is 7.42. The molecule has 2 aromatic carbocycles. The van der Waals surface area contributed by atoms with Gasteiger partial charge in [0.2, 0.25) is 10.0 Å². The van der Waals surface area contributed by atoms with Crippen LogP contribution in [0.2, 0.25) is 0 Å². The second kappa shape index (κ2) is 9.46. The first-order chi connectivity index (χ1) is 14.6. The molecule has 166 valence electrons. The molecule has 2 N–H and O–H groups in total. The first-order valence-electron chi connectivity index (χ1n) is 10.4. The fourth-order valence-corrected chi connectivity index (χ4v) is 5.15. The molecule has 1 fully saturated rings. The summed E-state index contributed by atoms with van der Waals surface area (Å²) in [6.07, 6.45) is 2.86. The van der Waals surface area contributed by atoms with Gasteiger partial charge in [-0.15, -0.1) is 0 Å². The highest BCUT2D eigenvalue weighted by atomic mass is 32.2. The molecule has 0 aromatic heterocycles. The Hall–Kier alpha value is -2.29. The first kappa shape index (κ1) is 23.4. The van der Waals surface area contributed by atoms with Crippen molar-refractivity contribution in [2.24, 2.45) is 0 Å². The highest BCUT2D eigenvalue weighted by molar-refractivity contribution is 7.89. The Balaban J connectivity index is 1.60. The van der Waals surface area contributed by atoms with Crippen LogP contribution in [0.15, 0.2) is 53.4 Å². The van der Waals surface area contributed by atoms with Crippen LogP contribution in [0.3, 0.4) is 0 Å². The van der Waals surface area contributed by atoms with Gasteiger partial charge in [0.15, 0.2) is 5.11 Å². The number of carbonyl (C=O) groups excluding carboxylic acids is 1. The van der Waals surface area contributed by atoms with Crippen LogP contribution in [0, 0.1) is 0 Å². The highest BCUT2D eigenvalue weighted by Gasteiger charge is 2.25. The molecule has 0 saturated carbocycles. The molecule has 1 saturated heterocycles. The van der Waals surface area contributed by atoms with E-state index in [4.69, 9.17) is 12.2 Å². The number of anilines is 1. The lowest BCUT2D eigenvalue weighted by Gasteiger charge is -2.25.